The van der Waals surface area contributed by atoms with E-state index < -0.39 is 32.6 Å². The number of nitrogens with zero attached hydrogens (tertiary/aromatic N) is 1. The average Bonchev–Trinajstić information content (AvgIpc) is 3.30. The molecule has 2 aromatic carbocycles. The van der Waals surface area contributed by atoms with Crippen molar-refractivity contribution in [3.05, 3.63) is 92.5 Å². The van der Waals surface area contributed by atoms with E-state index in [9.17, 15) is 22.4 Å². The zero-order chi connectivity index (χ0) is 25.2. The topological polar surface area (TPSA) is 110 Å². The normalized spacial score (nSPS) is 14.8. The summed E-state index contributed by atoms with van der Waals surface area (Å²) in [5.74, 6) is -0.509. The molecule has 8 nitrogen and oxygen atoms in total. The lowest BCUT2D eigenvalue weighted by atomic mass is 9.95. The lowest BCUT2D eigenvalue weighted by Gasteiger charge is -2.27. The van der Waals surface area contributed by atoms with Gasteiger partial charge in [-0.1, -0.05) is 30.3 Å². The molecular formula is C25H28FN3O5S. The summed E-state index contributed by atoms with van der Waals surface area (Å²) in [5, 5.41) is 0. The summed E-state index contributed by atoms with van der Waals surface area (Å²) in [6, 6.07) is 13.4. The number of ether oxygens (including phenoxy) is 1. The maximum absolute atomic E-state index is 13.5. The van der Waals surface area contributed by atoms with Crippen LogP contribution >= 0.6 is 0 Å². The van der Waals surface area contributed by atoms with Gasteiger partial charge in [-0.15, -0.1) is 0 Å². The Morgan fingerprint density at radius 2 is 1.80 bits per heavy atom. The third kappa shape index (κ3) is 5.88. The van der Waals surface area contributed by atoms with Crippen LogP contribution in [0.4, 0.5) is 4.39 Å². The first-order valence-electron chi connectivity index (χ1n) is 11.4. The minimum absolute atomic E-state index is 0.0484. The third-order valence-corrected chi connectivity index (χ3v) is 7.76. The monoisotopic (exact) mass is 501 g/mol. The van der Waals surface area contributed by atoms with Crippen LogP contribution in [0.2, 0.25) is 0 Å². The molecule has 1 heterocycles. The molecule has 35 heavy (non-hydrogen) atoms. The first kappa shape index (κ1) is 24.9. The number of rotatable bonds is 8. The quantitative estimate of drug-likeness (QED) is 0.492. The van der Waals surface area contributed by atoms with Gasteiger partial charge in [0, 0.05) is 6.07 Å². The molecule has 10 heteroatoms. The van der Waals surface area contributed by atoms with E-state index in [2.05, 4.69) is 4.72 Å². The van der Waals surface area contributed by atoms with Crippen molar-refractivity contribution in [2.24, 2.45) is 0 Å². The zero-order valence-corrected chi connectivity index (χ0v) is 20.4. The van der Waals surface area contributed by atoms with E-state index in [0.29, 0.717) is 16.9 Å². The lowest BCUT2D eigenvalue weighted by molar-refractivity contribution is 0.209. The summed E-state index contributed by atoms with van der Waals surface area (Å²) in [4.78, 5) is 25.1. The zero-order valence-electron chi connectivity index (χ0n) is 19.6. The highest BCUT2D eigenvalue weighted by atomic mass is 32.2. The molecule has 4 rings (SSSR count). The molecular weight excluding hydrogens is 473 g/mol. The Morgan fingerprint density at radius 1 is 1.11 bits per heavy atom. The fourth-order valence-electron chi connectivity index (χ4n) is 4.19. The van der Waals surface area contributed by atoms with Gasteiger partial charge in [0.05, 0.1) is 29.3 Å². The van der Waals surface area contributed by atoms with Gasteiger partial charge >= 0.3 is 5.69 Å². The second-order valence-corrected chi connectivity index (χ2v) is 11.0. The van der Waals surface area contributed by atoms with Crippen LogP contribution in [0.1, 0.15) is 50.7 Å². The SMILES string of the molecule is CC(C)(NS(=O)(=O)c1cccc(OC2CCCC2)c1)c1ccc(Cn2cc(F)c(=O)[nH]c2=O)cc1. The predicted molar refractivity (Wildman–Crippen MR) is 129 cm³/mol. The van der Waals surface area contributed by atoms with E-state index >= 15 is 0 Å². The van der Waals surface area contributed by atoms with Crippen LogP contribution in [-0.4, -0.2) is 24.1 Å². The van der Waals surface area contributed by atoms with Crippen molar-refractivity contribution >= 4 is 10.0 Å². The Hall–Kier alpha value is -3.24. The first-order chi connectivity index (χ1) is 16.5. The molecule has 186 valence electrons. The van der Waals surface area contributed by atoms with E-state index in [-0.39, 0.29) is 17.5 Å². The molecule has 1 saturated carbocycles. The molecule has 1 aromatic heterocycles. The van der Waals surface area contributed by atoms with Gasteiger partial charge in [-0.3, -0.25) is 14.3 Å². The average molecular weight is 502 g/mol. The fourth-order valence-corrected chi connectivity index (χ4v) is 5.63. The van der Waals surface area contributed by atoms with Gasteiger partial charge in [0.1, 0.15) is 5.75 Å². The van der Waals surface area contributed by atoms with E-state index in [1.54, 1.807) is 56.3 Å². The number of nitrogens with one attached hydrogen (secondary N) is 2. The molecule has 0 amide bonds. The largest absolute Gasteiger partial charge is 0.490 e. The second kappa shape index (κ2) is 9.79. The number of sulfonamides is 1. The van der Waals surface area contributed by atoms with Gasteiger partial charge < -0.3 is 4.74 Å². The highest BCUT2D eigenvalue weighted by Gasteiger charge is 2.28. The van der Waals surface area contributed by atoms with E-state index in [0.717, 1.165) is 36.4 Å². The highest BCUT2D eigenvalue weighted by molar-refractivity contribution is 7.89. The standard InChI is InChI=1S/C25H28FN3O5S/c1-25(2,18-12-10-17(11-13-18)15-29-16-22(26)23(30)27-24(29)31)28-35(32,33)21-9-5-8-20(14-21)34-19-6-3-4-7-19/h5,8-14,16,19,28H,3-4,6-7,15H2,1-2H3,(H,27,30,31). The van der Waals surface area contributed by atoms with Crippen molar-refractivity contribution in [1.29, 1.82) is 0 Å². The molecule has 0 radical (unpaired) electrons. The number of benzene rings is 2. The van der Waals surface area contributed by atoms with Crippen molar-refractivity contribution in [1.82, 2.24) is 14.3 Å². The highest BCUT2D eigenvalue weighted by Crippen LogP contribution is 2.28. The summed E-state index contributed by atoms with van der Waals surface area (Å²) < 4.78 is 49.6. The molecule has 2 N–H and O–H groups in total. The Kier molecular flexibility index (Phi) is 6.95. The van der Waals surface area contributed by atoms with E-state index in [1.807, 2.05) is 4.98 Å². The molecule has 0 bridgehead atoms. The number of hydrogen-bond donors (Lipinski definition) is 2. The van der Waals surface area contributed by atoms with Gasteiger partial charge in [0.2, 0.25) is 15.8 Å². The molecule has 1 fully saturated rings. The Bertz CT molecular complexity index is 1420. The molecule has 1 aliphatic rings. The summed E-state index contributed by atoms with van der Waals surface area (Å²) >= 11 is 0. The fraction of sp³-hybridized carbons (Fsp3) is 0.360. The maximum Gasteiger partial charge on any atom is 0.328 e. The van der Waals surface area contributed by atoms with Crippen LogP contribution in [0.15, 0.2) is 69.2 Å². The molecule has 0 saturated heterocycles. The van der Waals surface area contributed by atoms with Crippen LogP contribution in [0, 0.1) is 5.82 Å². The Labute approximate surface area is 202 Å². The number of halogens is 1. The summed E-state index contributed by atoms with van der Waals surface area (Å²) in [7, 11) is -3.85. The van der Waals surface area contributed by atoms with Crippen LogP contribution in [0.5, 0.6) is 5.75 Å². The van der Waals surface area contributed by atoms with Crippen molar-refractivity contribution in [2.75, 3.05) is 0 Å². The van der Waals surface area contributed by atoms with Crippen LogP contribution in [0.3, 0.4) is 0 Å². The number of H-pyrrole nitrogens is 1. The predicted octanol–water partition coefficient (Wildman–Crippen LogP) is 3.26. The van der Waals surface area contributed by atoms with E-state index in [4.69, 9.17) is 4.74 Å². The summed E-state index contributed by atoms with van der Waals surface area (Å²) in [5.41, 5.74) is -1.35. The molecule has 1 aliphatic carbocycles. The van der Waals surface area contributed by atoms with Gasteiger partial charge in [-0.25, -0.2) is 17.9 Å². The van der Waals surface area contributed by atoms with Crippen molar-refractivity contribution in [3.63, 3.8) is 0 Å². The minimum atomic E-state index is -3.85. The number of hydrogen-bond acceptors (Lipinski definition) is 5. The second-order valence-electron chi connectivity index (χ2n) is 9.29. The molecule has 0 spiro atoms. The first-order valence-corrected chi connectivity index (χ1v) is 12.9. The molecule has 0 aliphatic heterocycles. The third-order valence-electron chi connectivity index (χ3n) is 6.11. The Morgan fingerprint density at radius 3 is 2.49 bits per heavy atom. The maximum atomic E-state index is 13.5. The van der Waals surface area contributed by atoms with Crippen LogP contribution in [0.25, 0.3) is 0 Å². The molecule has 0 atom stereocenters. The van der Waals surface area contributed by atoms with Crippen molar-refractivity contribution in [3.8, 4) is 5.75 Å². The Balaban J connectivity index is 1.49. The van der Waals surface area contributed by atoms with Crippen molar-refractivity contribution < 1.29 is 17.5 Å². The smallest absolute Gasteiger partial charge is 0.328 e. The number of aromatic amines is 1. The van der Waals surface area contributed by atoms with Crippen LogP contribution < -0.4 is 20.7 Å². The molecule has 0 unspecified atom stereocenters. The van der Waals surface area contributed by atoms with Gasteiger partial charge in [-0.05, 0) is 62.8 Å². The molecule has 3 aromatic rings. The summed E-state index contributed by atoms with van der Waals surface area (Å²) in [6.45, 7) is 3.55. The summed E-state index contributed by atoms with van der Waals surface area (Å²) in [6.07, 6.45) is 5.18. The van der Waals surface area contributed by atoms with Gasteiger partial charge in [0.25, 0.3) is 5.56 Å². The van der Waals surface area contributed by atoms with Gasteiger partial charge in [0.15, 0.2) is 0 Å². The minimum Gasteiger partial charge on any atom is -0.490 e. The van der Waals surface area contributed by atoms with E-state index in [1.165, 1.54) is 6.07 Å². The lowest BCUT2D eigenvalue weighted by Crippen LogP contribution is -2.40. The van der Waals surface area contributed by atoms with Crippen molar-refractivity contribution in [2.45, 2.75) is 62.6 Å². The van der Waals surface area contributed by atoms with Crippen LogP contribution in [-0.2, 0) is 22.1 Å². The number of aromatic nitrogens is 2. The van der Waals surface area contributed by atoms with Gasteiger partial charge in [-0.2, -0.15) is 4.39 Å².